The van der Waals surface area contributed by atoms with E-state index in [0.29, 0.717) is 5.65 Å². The number of nitrogens with zero attached hydrogens (tertiary/aromatic N) is 2. The van der Waals surface area contributed by atoms with E-state index in [1.54, 1.807) is 13.8 Å². The number of aromatic amines is 1. The first-order valence-corrected chi connectivity index (χ1v) is 5.26. The van der Waals surface area contributed by atoms with Crippen molar-refractivity contribution < 1.29 is 9.53 Å². The van der Waals surface area contributed by atoms with Gasteiger partial charge in [0.1, 0.15) is 11.3 Å². The number of aryl methyl sites for hydroxylation is 1. The van der Waals surface area contributed by atoms with Crippen LogP contribution in [-0.4, -0.2) is 20.6 Å². The molecular formula is C11H11N3O3. The number of hydrogen-bond donors (Lipinski definition) is 1. The van der Waals surface area contributed by atoms with Gasteiger partial charge in [0.2, 0.25) is 0 Å². The molecule has 1 N–H and O–H groups in total. The number of hydrogen-bond acceptors (Lipinski definition) is 4. The van der Waals surface area contributed by atoms with Gasteiger partial charge in [0.05, 0.1) is 0 Å². The molecule has 88 valence electrons. The molecule has 0 atom stereocenters. The van der Waals surface area contributed by atoms with Crippen LogP contribution >= 0.6 is 0 Å². The minimum Gasteiger partial charge on any atom is -0.450 e. The molecule has 0 aromatic carbocycles. The summed E-state index contributed by atoms with van der Waals surface area (Å²) < 4.78 is 6.55. The average Bonchev–Trinajstić information content (AvgIpc) is 2.69. The fraction of sp³-hybridized carbons (Fsp3) is 0.364. The molecule has 17 heavy (non-hydrogen) atoms. The van der Waals surface area contributed by atoms with Crippen LogP contribution in [-0.2, 0) is 10.3 Å². The third-order valence-corrected chi connectivity index (χ3v) is 3.05. The summed E-state index contributed by atoms with van der Waals surface area (Å²) >= 11 is 0. The Balaban J connectivity index is 2.57. The van der Waals surface area contributed by atoms with Crippen molar-refractivity contribution in [1.29, 1.82) is 0 Å². The Morgan fingerprint density at radius 1 is 1.41 bits per heavy atom. The summed E-state index contributed by atoms with van der Waals surface area (Å²) in [5.74, 6) is -0.488. The third-order valence-electron chi connectivity index (χ3n) is 3.05. The highest BCUT2D eigenvalue weighted by Gasteiger charge is 2.40. The van der Waals surface area contributed by atoms with Crippen molar-refractivity contribution in [1.82, 2.24) is 14.6 Å². The Kier molecular flexibility index (Phi) is 1.64. The number of H-pyrrole nitrogens is 1. The molecule has 0 amide bonds. The highest BCUT2D eigenvalue weighted by atomic mass is 16.6. The largest absolute Gasteiger partial charge is 0.450 e. The van der Waals surface area contributed by atoms with E-state index < -0.39 is 17.3 Å². The molecule has 0 saturated carbocycles. The number of pyridine rings is 1. The molecule has 0 bridgehead atoms. The molecule has 1 aliphatic heterocycles. The number of rotatable bonds is 0. The van der Waals surface area contributed by atoms with E-state index in [1.807, 2.05) is 13.0 Å². The Labute approximate surface area is 96.2 Å². The van der Waals surface area contributed by atoms with Crippen LogP contribution in [0.4, 0.5) is 0 Å². The Morgan fingerprint density at radius 2 is 2.12 bits per heavy atom. The molecular weight excluding hydrogens is 222 g/mol. The van der Waals surface area contributed by atoms with E-state index in [1.165, 1.54) is 4.40 Å². The van der Waals surface area contributed by atoms with Crippen molar-refractivity contribution in [2.24, 2.45) is 0 Å². The molecule has 6 nitrogen and oxygen atoms in total. The van der Waals surface area contributed by atoms with Crippen molar-refractivity contribution in [3.05, 3.63) is 33.4 Å². The summed E-state index contributed by atoms with van der Waals surface area (Å²) in [7, 11) is 0. The average molecular weight is 233 g/mol. The van der Waals surface area contributed by atoms with E-state index in [0.717, 1.165) is 11.1 Å². The zero-order valence-corrected chi connectivity index (χ0v) is 9.70. The smallest absolute Gasteiger partial charge is 0.356 e. The molecule has 6 heteroatoms. The summed E-state index contributed by atoms with van der Waals surface area (Å²) in [6.45, 7) is 5.44. The number of carbonyl (C=O) groups excluding carboxylic acids is 1. The first-order chi connectivity index (χ1) is 7.92. The van der Waals surface area contributed by atoms with Gasteiger partial charge in [-0.3, -0.25) is 0 Å². The van der Waals surface area contributed by atoms with Crippen LogP contribution in [0, 0.1) is 6.92 Å². The number of carbonyl (C=O) groups is 1. The molecule has 1 aliphatic rings. The molecule has 0 radical (unpaired) electrons. The maximum atomic E-state index is 11.8. The summed E-state index contributed by atoms with van der Waals surface area (Å²) in [4.78, 5) is 23.5. The van der Waals surface area contributed by atoms with E-state index in [9.17, 15) is 9.59 Å². The zero-order chi connectivity index (χ0) is 12.4. The summed E-state index contributed by atoms with van der Waals surface area (Å²) in [6.07, 6.45) is 0. The van der Waals surface area contributed by atoms with E-state index >= 15 is 0 Å². The van der Waals surface area contributed by atoms with E-state index in [-0.39, 0.29) is 5.69 Å². The van der Waals surface area contributed by atoms with Gasteiger partial charge in [0, 0.05) is 5.56 Å². The lowest BCUT2D eigenvalue weighted by Crippen LogP contribution is -2.17. The van der Waals surface area contributed by atoms with E-state index in [2.05, 4.69) is 10.2 Å². The molecule has 0 unspecified atom stereocenters. The van der Waals surface area contributed by atoms with Gasteiger partial charge < -0.3 is 4.74 Å². The molecule has 3 heterocycles. The number of esters is 1. The van der Waals surface area contributed by atoms with Crippen molar-refractivity contribution >= 4 is 11.6 Å². The second-order valence-electron chi connectivity index (χ2n) is 4.68. The van der Waals surface area contributed by atoms with Crippen molar-refractivity contribution in [3.8, 4) is 0 Å². The van der Waals surface area contributed by atoms with Crippen LogP contribution in [0.5, 0.6) is 0 Å². The lowest BCUT2D eigenvalue weighted by molar-refractivity contribution is 0.00925. The maximum Gasteiger partial charge on any atom is 0.356 e. The SMILES string of the molecule is Cc1cc2c(n3c(=O)[nH]nc13)C(=O)OC2(C)C. The number of nitrogens with one attached hydrogen (secondary N) is 1. The van der Waals surface area contributed by atoms with Crippen LogP contribution in [0.2, 0.25) is 0 Å². The molecule has 0 saturated heterocycles. The minimum absolute atomic E-state index is 0.273. The number of cyclic esters (lactones) is 1. The van der Waals surface area contributed by atoms with Crippen LogP contribution < -0.4 is 5.69 Å². The first-order valence-electron chi connectivity index (χ1n) is 5.26. The van der Waals surface area contributed by atoms with Crippen molar-refractivity contribution in [2.75, 3.05) is 0 Å². The minimum atomic E-state index is -0.706. The van der Waals surface area contributed by atoms with Crippen molar-refractivity contribution in [2.45, 2.75) is 26.4 Å². The van der Waals surface area contributed by atoms with Gasteiger partial charge >= 0.3 is 11.7 Å². The number of fused-ring (bicyclic) bond motifs is 3. The van der Waals surface area contributed by atoms with E-state index in [4.69, 9.17) is 4.74 Å². The topological polar surface area (TPSA) is 76.5 Å². The van der Waals surface area contributed by atoms with Gasteiger partial charge in [-0.2, -0.15) is 5.10 Å². The summed E-state index contributed by atoms with van der Waals surface area (Å²) in [6, 6.07) is 1.84. The summed E-state index contributed by atoms with van der Waals surface area (Å²) in [5, 5.41) is 6.24. The molecule has 2 aromatic rings. The quantitative estimate of drug-likeness (QED) is 0.681. The van der Waals surface area contributed by atoms with Gasteiger partial charge in [-0.15, -0.1) is 0 Å². The lowest BCUT2D eigenvalue weighted by atomic mass is 9.97. The predicted molar refractivity (Wildman–Crippen MR) is 59.0 cm³/mol. The Morgan fingerprint density at radius 3 is 2.82 bits per heavy atom. The second-order valence-corrected chi connectivity index (χ2v) is 4.68. The molecule has 3 rings (SSSR count). The van der Waals surface area contributed by atoms with Crippen LogP contribution in [0.1, 0.15) is 35.5 Å². The van der Waals surface area contributed by atoms with Crippen LogP contribution in [0.15, 0.2) is 10.9 Å². The fourth-order valence-corrected chi connectivity index (χ4v) is 2.23. The van der Waals surface area contributed by atoms with Crippen LogP contribution in [0.3, 0.4) is 0 Å². The predicted octanol–water partition coefficient (Wildman–Crippen LogP) is 0.737. The lowest BCUT2D eigenvalue weighted by Gasteiger charge is -2.17. The number of aromatic nitrogens is 3. The molecule has 0 spiro atoms. The monoisotopic (exact) mass is 233 g/mol. The van der Waals surface area contributed by atoms with Crippen molar-refractivity contribution in [3.63, 3.8) is 0 Å². The second kappa shape index (κ2) is 2.77. The zero-order valence-electron chi connectivity index (χ0n) is 9.70. The van der Waals surface area contributed by atoms with Gasteiger partial charge in [-0.05, 0) is 32.4 Å². The molecule has 2 aromatic heterocycles. The van der Waals surface area contributed by atoms with Gasteiger partial charge in [0.15, 0.2) is 5.65 Å². The first kappa shape index (κ1) is 10.1. The Hall–Kier alpha value is -2.11. The highest BCUT2D eigenvalue weighted by molar-refractivity contribution is 5.94. The van der Waals surface area contributed by atoms with Gasteiger partial charge in [-0.25, -0.2) is 19.1 Å². The fourth-order valence-electron chi connectivity index (χ4n) is 2.23. The highest BCUT2D eigenvalue weighted by Crippen LogP contribution is 2.36. The standard InChI is InChI=1S/C11H11N3O3/c1-5-4-6-7(9(15)17-11(6,2)3)14-8(5)12-13-10(14)16/h4H,1-3H3,(H,13,16). The van der Waals surface area contributed by atoms with Gasteiger partial charge in [-0.1, -0.05) is 0 Å². The molecule has 0 aliphatic carbocycles. The normalized spacial score (nSPS) is 17.2. The number of ether oxygens (including phenoxy) is 1. The Bertz CT molecular complexity index is 709. The van der Waals surface area contributed by atoms with Crippen LogP contribution in [0.25, 0.3) is 5.65 Å². The van der Waals surface area contributed by atoms with Gasteiger partial charge in [0.25, 0.3) is 0 Å². The summed E-state index contributed by atoms with van der Waals surface area (Å²) in [5.41, 5.74) is 1.15. The maximum absolute atomic E-state index is 11.8. The third kappa shape index (κ3) is 1.12. The molecule has 0 fully saturated rings.